The molecule has 0 N–H and O–H groups in total. The van der Waals surface area contributed by atoms with Crippen LogP contribution >= 0.6 is 0 Å². The fourth-order valence-corrected chi connectivity index (χ4v) is 0.747. The van der Waals surface area contributed by atoms with Crippen LogP contribution in [0.5, 0.6) is 0 Å². The Morgan fingerprint density at radius 2 is 2.00 bits per heavy atom. The van der Waals surface area contributed by atoms with Crippen molar-refractivity contribution in [3.63, 3.8) is 0 Å². The Bertz CT molecular complexity index is 154. The van der Waals surface area contributed by atoms with Crippen molar-refractivity contribution in [3.8, 4) is 0 Å². The van der Waals surface area contributed by atoms with Gasteiger partial charge in [0.25, 0.3) is 0 Å². The van der Waals surface area contributed by atoms with Gasteiger partial charge in [-0.1, -0.05) is 31.2 Å². The van der Waals surface area contributed by atoms with Gasteiger partial charge >= 0.3 is 0 Å². The first-order valence-electron chi connectivity index (χ1n) is 4.05. The highest BCUT2D eigenvalue weighted by molar-refractivity contribution is 5.62. The van der Waals surface area contributed by atoms with Crippen molar-refractivity contribution in [1.82, 2.24) is 0 Å². The Kier molecular flexibility index (Phi) is 6.70. The molecule has 0 fully saturated rings. The molecule has 0 bridgehead atoms. The fourth-order valence-electron chi connectivity index (χ4n) is 0.747. The minimum atomic E-state index is 0.463. The lowest BCUT2D eigenvalue weighted by molar-refractivity contribution is 1.01. The average Bonchev–Trinajstić information content (AvgIpc) is 1.99. The van der Waals surface area contributed by atoms with E-state index in [9.17, 15) is 0 Å². The van der Waals surface area contributed by atoms with Crippen molar-refractivity contribution >= 4 is 6.21 Å². The highest BCUT2D eigenvalue weighted by Crippen LogP contribution is 1.91. The van der Waals surface area contributed by atoms with Gasteiger partial charge in [0.1, 0.15) is 0 Å². The van der Waals surface area contributed by atoms with E-state index in [0.29, 0.717) is 5.92 Å². The number of aliphatic imine (C=N–C) groups is 1. The van der Waals surface area contributed by atoms with Gasteiger partial charge in [0.15, 0.2) is 0 Å². The fraction of sp³-hybridized carbons (Fsp3) is 0.500. The van der Waals surface area contributed by atoms with Crippen LogP contribution in [-0.4, -0.2) is 12.8 Å². The standard InChI is InChI=1S/C10H17N/c1-4-6-8-11-9-10(3)7-5-2/h4-7,9-10H,8H2,1-3H3/b6-4-,7-5-,11-9-. The SMILES string of the molecule is C/C=C\C/N=C\C(C)/C=C\C. The van der Waals surface area contributed by atoms with Crippen molar-refractivity contribution in [1.29, 1.82) is 0 Å². The van der Waals surface area contributed by atoms with Gasteiger partial charge in [-0.2, -0.15) is 0 Å². The second-order valence-corrected chi connectivity index (χ2v) is 2.47. The first kappa shape index (κ1) is 10.2. The van der Waals surface area contributed by atoms with E-state index in [2.05, 4.69) is 18.0 Å². The highest BCUT2D eigenvalue weighted by Gasteiger charge is 1.86. The molecule has 0 heterocycles. The quantitative estimate of drug-likeness (QED) is 0.433. The number of hydrogen-bond donors (Lipinski definition) is 0. The van der Waals surface area contributed by atoms with Crippen LogP contribution in [0.2, 0.25) is 0 Å². The molecule has 1 nitrogen and oxygen atoms in total. The van der Waals surface area contributed by atoms with Gasteiger partial charge in [-0.25, -0.2) is 0 Å². The predicted octanol–water partition coefficient (Wildman–Crippen LogP) is 2.85. The van der Waals surface area contributed by atoms with Crippen LogP contribution in [0, 0.1) is 5.92 Å². The first-order chi connectivity index (χ1) is 5.31. The van der Waals surface area contributed by atoms with E-state index in [1.807, 2.05) is 38.3 Å². The van der Waals surface area contributed by atoms with Crippen LogP contribution in [-0.2, 0) is 0 Å². The van der Waals surface area contributed by atoms with Crippen LogP contribution in [0.4, 0.5) is 0 Å². The Labute approximate surface area is 69.5 Å². The van der Waals surface area contributed by atoms with E-state index in [4.69, 9.17) is 0 Å². The Hall–Kier alpha value is -0.850. The van der Waals surface area contributed by atoms with Gasteiger partial charge < -0.3 is 0 Å². The maximum absolute atomic E-state index is 4.22. The Balaban J connectivity index is 3.56. The number of allylic oxidation sites excluding steroid dienone is 3. The summed E-state index contributed by atoms with van der Waals surface area (Å²) in [6, 6.07) is 0. The topological polar surface area (TPSA) is 12.4 Å². The molecule has 0 rings (SSSR count). The largest absolute Gasteiger partial charge is 0.293 e. The van der Waals surface area contributed by atoms with Crippen molar-refractivity contribution in [2.75, 3.05) is 6.54 Å². The molecule has 0 amide bonds. The molecule has 1 unspecified atom stereocenters. The second kappa shape index (κ2) is 7.26. The van der Waals surface area contributed by atoms with Crippen LogP contribution in [0.25, 0.3) is 0 Å². The van der Waals surface area contributed by atoms with Crippen LogP contribution in [0.1, 0.15) is 20.8 Å². The molecule has 1 atom stereocenters. The molecule has 0 aliphatic heterocycles. The summed E-state index contributed by atoms with van der Waals surface area (Å²) < 4.78 is 0. The Morgan fingerprint density at radius 3 is 2.55 bits per heavy atom. The molecule has 0 radical (unpaired) electrons. The summed E-state index contributed by atoms with van der Waals surface area (Å²) in [5.41, 5.74) is 0. The molecule has 0 aromatic carbocycles. The molecule has 0 saturated heterocycles. The van der Waals surface area contributed by atoms with Gasteiger partial charge in [-0.15, -0.1) is 0 Å². The molecule has 0 aliphatic carbocycles. The van der Waals surface area contributed by atoms with E-state index in [0.717, 1.165) is 6.54 Å². The number of hydrogen-bond acceptors (Lipinski definition) is 1. The van der Waals surface area contributed by atoms with E-state index in [1.54, 1.807) is 0 Å². The summed E-state index contributed by atoms with van der Waals surface area (Å²) >= 11 is 0. The van der Waals surface area contributed by atoms with E-state index < -0.39 is 0 Å². The van der Waals surface area contributed by atoms with Crippen LogP contribution in [0.15, 0.2) is 29.3 Å². The third-order valence-electron chi connectivity index (χ3n) is 1.28. The lowest BCUT2D eigenvalue weighted by Gasteiger charge is -1.93. The van der Waals surface area contributed by atoms with E-state index >= 15 is 0 Å². The molecule has 11 heavy (non-hydrogen) atoms. The van der Waals surface area contributed by atoms with Crippen molar-refractivity contribution in [3.05, 3.63) is 24.3 Å². The van der Waals surface area contributed by atoms with E-state index in [-0.39, 0.29) is 0 Å². The summed E-state index contributed by atoms with van der Waals surface area (Å²) in [5.74, 6) is 0.463. The summed E-state index contributed by atoms with van der Waals surface area (Å²) in [5, 5.41) is 0. The van der Waals surface area contributed by atoms with Gasteiger partial charge in [-0.05, 0) is 13.8 Å². The van der Waals surface area contributed by atoms with Crippen LogP contribution in [0.3, 0.4) is 0 Å². The zero-order valence-electron chi connectivity index (χ0n) is 7.62. The maximum Gasteiger partial charge on any atom is 0.0566 e. The minimum absolute atomic E-state index is 0.463. The molecule has 1 heteroatoms. The van der Waals surface area contributed by atoms with Crippen LogP contribution < -0.4 is 0 Å². The highest BCUT2D eigenvalue weighted by atomic mass is 14.7. The number of rotatable bonds is 4. The molecule has 0 spiro atoms. The third-order valence-corrected chi connectivity index (χ3v) is 1.28. The molecular weight excluding hydrogens is 134 g/mol. The average molecular weight is 151 g/mol. The van der Waals surface area contributed by atoms with Crippen molar-refractivity contribution in [2.24, 2.45) is 10.9 Å². The molecule has 0 aliphatic rings. The molecular formula is C10H17N. The van der Waals surface area contributed by atoms with E-state index in [1.165, 1.54) is 0 Å². The maximum atomic E-state index is 4.22. The zero-order chi connectivity index (χ0) is 8.53. The van der Waals surface area contributed by atoms with Crippen molar-refractivity contribution in [2.45, 2.75) is 20.8 Å². The smallest absolute Gasteiger partial charge is 0.0566 e. The lowest BCUT2D eigenvalue weighted by atomic mass is 10.2. The second-order valence-electron chi connectivity index (χ2n) is 2.47. The summed E-state index contributed by atoms with van der Waals surface area (Å²) in [6.45, 7) is 6.96. The summed E-state index contributed by atoms with van der Waals surface area (Å²) in [6.07, 6.45) is 10.2. The molecule has 0 saturated carbocycles. The number of nitrogens with zero attached hydrogens (tertiary/aromatic N) is 1. The minimum Gasteiger partial charge on any atom is -0.293 e. The summed E-state index contributed by atoms with van der Waals surface area (Å²) in [7, 11) is 0. The van der Waals surface area contributed by atoms with Gasteiger partial charge in [-0.3, -0.25) is 4.99 Å². The normalized spacial score (nSPS) is 15.5. The first-order valence-corrected chi connectivity index (χ1v) is 4.05. The van der Waals surface area contributed by atoms with Gasteiger partial charge in [0.05, 0.1) is 6.54 Å². The monoisotopic (exact) mass is 151 g/mol. The van der Waals surface area contributed by atoms with Gasteiger partial charge in [0.2, 0.25) is 0 Å². The summed E-state index contributed by atoms with van der Waals surface area (Å²) in [4.78, 5) is 4.22. The zero-order valence-corrected chi connectivity index (χ0v) is 7.62. The molecule has 62 valence electrons. The lowest BCUT2D eigenvalue weighted by Crippen LogP contribution is -1.90. The predicted molar refractivity (Wildman–Crippen MR) is 52.2 cm³/mol. The molecule has 0 aromatic heterocycles. The van der Waals surface area contributed by atoms with Gasteiger partial charge in [0, 0.05) is 12.1 Å². The Morgan fingerprint density at radius 1 is 1.27 bits per heavy atom. The van der Waals surface area contributed by atoms with Crippen molar-refractivity contribution < 1.29 is 0 Å². The third kappa shape index (κ3) is 7.04. The molecule has 0 aromatic rings.